The van der Waals surface area contributed by atoms with Gasteiger partial charge in [0.05, 0.1) is 45.3 Å². The molecule has 0 spiro atoms. The molecule has 2 aromatic heterocycles. The summed E-state index contributed by atoms with van der Waals surface area (Å²) in [5.74, 6) is 0. The molecule has 0 aliphatic carbocycles. The van der Waals surface area contributed by atoms with Gasteiger partial charge >= 0.3 is 0 Å². The predicted molar refractivity (Wildman–Crippen MR) is 254 cm³/mol. The van der Waals surface area contributed by atoms with E-state index in [2.05, 4.69) is 176 Å². The van der Waals surface area contributed by atoms with E-state index in [9.17, 15) is 10.5 Å². The van der Waals surface area contributed by atoms with Crippen molar-refractivity contribution in [2.75, 3.05) is 0 Å². The third-order valence-electron chi connectivity index (χ3n) is 13.7. The Hall–Kier alpha value is -7.86. The summed E-state index contributed by atoms with van der Waals surface area (Å²) in [5, 5.41) is 29.5. The van der Waals surface area contributed by atoms with Gasteiger partial charge in [-0.05, 0) is 128 Å². The van der Waals surface area contributed by atoms with Crippen LogP contribution in [0.3, 0.4) is 0 Å². The minimum atomic E-state index is -0.0691. The van der Waals surface area contributed by atoms with Crippen molar-refractivity contribution in [3.8, 4) is 45.8 Å². The van der Waals surface area contributed by atoms with Crippen molar-refractivity contribution in [2.45, 2.75) is 26.2 Å². The molecular formula is C56H35BN4. The Labute approximate surface area is 352 Å². The Morgan fingerprint density at radius 2 is 0.852 bits per heavy atom. The van der Waals surface area contributed by atoms with E-state index in [1.54, 1.807) is 0 Å². The molecule has 0 unspecified atom stereocenters. The van der Waals surface area contributed by atoms with Crippen molar-refractivity contribution >= 4 is 88.3 Å². The maximum absolute atomic E-state index is 9.72. The summed E-state index contributed by atoms with van der Waals surface area (Å²) in [4.78, 5) is 0. The molecule has 0 radical (unpaired) electrons. The van der Waals surface area contributed by atoms with Gasteiger partial charge in [-0.1, -0.05) is 122 Å². The number of hydrogen-bond donors (Lipinski definition) is 0. The largest absolute Gasteiger partial charge is 0.309 e. The molecule has 0 atom stereocenters. The highest BCUT2D eigenvalue weighted by molar-refractivity contribution is 7.01. The van der Waals surface area contributed by atoms with Crippen LogP contribution in [0.4, 0.5) is 0 Å². The first-order chi connectivity index (χ1) is 29.8. The lowest BCUT2D eigenvalue weighted by molar-refractivity contribution is 0.591. The summed E-state index contributed by atoms with van der Waals surface area (Å²) in [5.41, 5.74) is 18.4. The second-order valence-corrected chi connectivity index (χ2v) is 17.9. The zero-order valence-corrected chi connectivity index (χ0v) is 33.9. The number of fused-ring (bicyclic) bond motifs is 12. The van der Waals surface area contributed by atoms with Gasteiger partial charge < -0.3 is 9.13 Å². The Kier molecular flexibility index (Phi) is 6.63. The molecule has 9 aromatic carbocycles. The monoisotopic (exact) mass is 774 g/mol. The summed E-state index contributed by atoms with van der Waals surface area (Å²) >= 11 is 0. The van der Waals surface area contributed by atoms with Crippen molar-refractivity contribution in [3.05, 3.63) is 174 Å². The molecule has 282 valence electrons. The second-order valence-electron chi connectivity index (χ2n) is 17.9. The number of benzene rings is 9. The van der Waals surface area contributed by atoms with Gasteiger partial charge in [0.2, 0.25) is 6.71 Å². The highest BCUT2D eigenvalue weighted by Gasteiger charge is 2.41. The zero-order chi connectivity index (χ0) is 40.9. The summed E-state index contributed by atoms with van der Waals surface area (Å²) in [6.45, 7) is 6.94. The molecule has 61 heavy (non-hydrogen) atoms. The van der Waals surface area contributed by atoms with E-state index in [4.69, 9.17) is 0 Å². The average molecular weight is 775 g/mol. The fourth-order valence-electron chi connectivity index (χ4n) is 11.1. The van der Waals surface area contributed by atoms with Gasteiger partial charge in [-0.2, -0.15) is 10.5 Å². The first-order valence-electron chi connectivity index (χ1n) is 21.0. The molecule has 2 aliphatic rings. The van der Waals surface area contributed by atoms with Crippen LogP contribution < -0.4 is 16.4 Å². The van der Waals surface area contributed by atoms with Gasteiger partial charge in [0, 0.05) is 32.9 Å². The second kappa shape index (κ2) is 11.9. The number of para-hydroxylation sites is 2. The average Bonchev–Trinajstić information content (AvgIpc) is 3.81. The van der Waals surface area contributed by atoms with Crippen molar-refractivity contribution in [1.82, 2.24) is 9.13 Å². The molecule has 0 fully saturated rings. The Morgan fingerprint density at radius 1 is 0.426 bits per heavy atom. The van der Waals surface area contributed by atoms with Crippen LogP contribution in [0.5, 0.6) is 0 Å². The number of aromatic nitrogens is 2. The molecule has 5 heteroatoms. The molecule has 0 saturated carbocycles. The van der Waals surface area contributed by atoms with Crippen LogP contribution in [0, 0.1) is 22.7 Å². The molecule has 0 N–H and O–H groups in total. The van der Waals surface area contributed by atoms with Crippen molar-refractivity contribution in [1.29, 1.82) is 10.5 Å². The molecular weight excluding hydrogens is 739 g/mol. The molecule has 0 bridgehead atoms. The van der Waals surface area contributed by atoms with Gasteiger partial charge in [0.1, 0.15) is 0 Å². The van der Waals surface area contributed by atoms with Crippen LogP contribution in [-0.4, -0.2) is 15.8 Å². The van der Waals surface area contributed by atoms with Crippen LogP contribution in [0.1, 0.15) is 37.5 Å². The van der Waals surface area contributed by atoms with E-state index in [1.165, 1.54) is 87.3 Å². The third kappa shape index (κ3) is 4.42. The topological polar surface area (TPSA) is 57.4 Å². The van der Waals surface area contributed by atoms with E-state index < -0.39 is 0 Å². The Morgan fingerprint density at radius 3 is 1.28 bits per heavy atom. The predicted octanol–water partition coefficient (Wildman–Crippen LogP) is 11.7. The van der Waals surface area contributed by atoms with E-state index >= 15 is 0 Å². The molecule has 4 heterocycles. The maximum atomic E-state index is 9.72. The molecule has 0 amide bonds. The van der Waals surface area contributed by atoms with Gasteiger partial charge in [0.25, 0.3) is 0 Å². The fourth-order valence-corrected chi connectivity index (χ4v) is 11.1. The van der Waals surface area contributed by atoms with Gasteiger partial charge in [-0.25, -0.2) is 0 Å². The van der Waals surface area contributed by atoms with Gasteiger partial charge in [-0.3, -0.25) is 0 Å². The summed E-state index contributed by atoms with van der Waals surface area (Å²) in [7, 11) is 0. The Bertz CT molecular complexity index is 3620. The third-order valence-corrected chi connectivity index (χ3v) is 13.7. The highest BCUT2D eigenvalue weighted by atomic mass is 15.0. The van der Waals surface area contributed by atoms with Crippen molar-refractivity contribution in [2.24, 2.45) is 0 Å². The van der Waals surface area contributed by atoms with E-state index in [-0.39, 0.29) is 12.1 Å². The van der Waals surface area contributed by atoms with E-state index in [0.29, 0.717) is 11.1 Å². The number of nitriles is 2. The minimum absolute atomic E-state index is 0.0533. The lowest BCUT2D eigenvalue weighted by atomic mass is 9.31. The summed E-state index contributed by atoms with van der Waals surface area (Å²) < 4.78 is 4.79. The normalized spacial score (nSPS) is 12.8. The van der Waals surface area contributed by atoms with E-state index in [1.807, 2.05) is 24.3 Å². The molecule has 11 aromatic rings. The van der Waals surface area contributed by atoms with Crippen LogP contribution in [0.15, 0.2) is 158 Å². The van der Waals surface area contributed by atoms with Crippen LogP contribution in [0.25, 0.3) is 98.8 Å². The smallest absolute Gasteiger partial charge is 0.244 e. The van der Waals surface area contributed by atoms with Crippen molar-refractivity contribution in [3.63, 3.8) is 0 Å². The van der Waals surface area contributed by atoms with Crippen LogP contribution in [-0.2, 0) is 5.41 Å². The Balaban J connectivity index is 1.23. The summed E-state index contributed by atoms with van der Waals surface area (Å²) in [6.07, 6.45) is 0. The minimum Gasteiger partial charge on any atom is -0.309 e. The van der Waals surface area contributed by atoms with Gasteiger partial charge in [-0.15, -0.1) is 0 Å². The number of rotatable bonds is 2. The maximum Gasteiger partial charge on any atom is 0.244 e. The first-order valence-corrected chi connectivity index (χ1v) is 21.0. The van der Waals surface area contributed by atoms with Crippen LogP contribution >= 0.6 is 0 Å². The number of hydrogen-bond acceptors (Lipinski definition) is 2. The molecule has 4 nitrogen and oxygen atoms in total. The summed E-state index contributed by atoms with van der Waals surface area (Å²) in [6, 6.07) is 62.0. The molecule has 13 rings (SSSR count). The zero-order valence-electron chi connectivity index (χ0n) is 33.9. The first kappa shape index (κ1) is 34.1. The lowest BCUT2D eigenvalue weighted by Gasteiger charge is -2.36. The van der Waals surface area contributed by atoms with Gasteiger partial charge in [0.15, 0.2) is 0 Å². The molecule has 2 aliphatic heterocycles. The lowest BCUT2D eigenvalue weighted by Crippen LogP contribution is -2.57. The number of nitrogens with zero attached hydrogens (tertiary/aromatic N) is 4. The quantitative estimate of drug-likeness (QED) is 0.164. The van der Waals surface area contributed by atoms with E-state index in [0.717, 1.165) is 33.4 Å². The fraction of sp³-hybridized carbons (Fsp3) is 0.0714. The SMILES string of the molecule is CC(C)(C)c1cc2c3c(c1)-c1cccc4c1c(cc1c4c4ccccc4n1-c1ccc(C#N)cc1)B3c1cc3c(c4cccc-2c14)c1ccccc1n3-c1ccc(C#N)cc1. The van der Waals surface area contributed by atoms with Crippen molar-refractivity contribution < 1.29 is 0 Å². The highest BCUT2D eigenvalue weighted by Crippen LogP contribution is 2.46. The molecule has 0 saturated heterocycles. The standard InChI is InChI=1S/C56H35BN4/c1-56(2,3)34-26-43-37-12-8-14-41-51(37)45(28-49-53(41)39-10-4-6-16-47(39)60(49)35-22-18-32(30-58)19-23-35)57-46-29-50-54(42-15-9-13-38(52(42)46)44(27-34)55(43)57)40-11-5-7-17-48(40)61(50)36-24-20-33(31-59)21-25-36/h4-29H,1-3H3. The van der Waals surface area contributed by atoms with Crippen LogP contribution in [0.2, 0.25) is 0 Å².